The number of amides is 1. The second-order valence-electron chi connectivity index (χ2n) is 7.67. The van der Waals surface area contributed by atoms with Crippen LogP contribution in [0.4, 0.5) is 0 Å². The van der Waals surface area contributed by atoms with Crippen molar-refractivity contribution in [3.8, 4) is 11.5 Å². The first-order valence-electron chi connectivity index (χ1n) is 10.1. The van der Waals surface area contributed by atoms with Crippen LogP contribution in [0.15, 0.2) is 28.8 Å². The van der Waals surface area contributed by atoms with Crippen LogP contribution in [0.1, 0.15) is 52.6 Å². The molecule has 1 atom stereocenters. The molecule has 0 radical (unpaired) electrons. The van der Waals surface area contributed by atoms with Gasteiger partial charge in [0.2, 0.25) is 0 Å². The average molecular weight is 393 g/mol. The highest BCUT2D eigenvalue weighted by molar-refractivity contribution is 6.06. The van der Waals surface area contributed by atoms with Crippen molar-refractivity contribution in [2.45, 2.75) is 39.2 Å². The zero-order valence-corrected chi connectivity index (χ0v) is 16.6. The van der Waals surface area contributed by atoms with Crippen molar-refractivity contribution < 1.29 is 18.8 Å². The van der Waals surface area contributed by atoms with Crippen LogP contribution in [0, 0.1) is 13.8 Å². The maximum Gasteiger partial charge on any atom is 0.258 e. The van der Waals surface area contributed by atoms with Gasteiger partial charge in [0.25, 0.3) is 11.6 Å². The molecule has 3 aromatic rings. The maximum absolute atomic E-state index is 13.6. The zero-order chi connectivity index (χ0) is 20.0. The van der Waals surface area contributed by atoms with Crippen molar-refractivity contribution in [3.63, 3.8) is 0 Å². The van der Waals surface area contributed by atoms with Crippen LogP contribution in [0.5, 0.6) is 11.5 Å². The summed E-state index contributed by atoms with van der Waals surface area (Å²) in [5.74, 6) is 1.52. The molecular weight excluding hydrogens is 370 g/mol. The standard InChI is InChI=1S/C22H23N3O4/c1-13-11-16(20-14(2)24-29-21(20)23-13)22(26)25-8-3-5-17(25)15-6-7-18-19(12-15)28-10-4-9-27-18/h6-7,11-12,17H,3-5,8-10H2,1-2H3/t17-/m0/s1. The average Bonchev–Trinajstić information content (AvgIpc) is 3.27. The molecule has 5 rings (SSSR count). The van der Waals surface area contributed by atoms with Crippen molar-refractivity contribution in [2.24, 2.45) is 0 Å². The Balaban J connectivity index is 1.51. The second kappa shape index (κ2) is 7.06. The van der Waals surface area contributed by atoms with E-state index in [9.17, 15) is 4.79 Å². The molecule has 0 saturated carbocycles. The minimum atomic E-state index is -0.0126. The molecule has 2 aliphatic heterocycles. The van der Waals surface area contributed by atoms with E-state index in [0.717, 1.165) is 42.0 Å². The predicted molar refractivity (Wildman–Crippen MR) is 106 cm³/mol. The molecule has 0 aliphatic carbocycles. The number of hydrogen-bond donors (Lipinski definition) is 0. The lowest BCUT2D eigenvalue weighted by atomic mass is 10.0. The molecule has 1 amide bonds. The summed E-state index contributed by atoms with van der Waals surface area (Å²) in [4.78, 5) is 19.9. The Morgan fingerprint density at radius 1 is 1.10 bits per heavy atom. The van der Waals surface area contributed by atoms with E-state index in [2.05, 4.69) is 10.1 Å². The van der Waals surface area contributed by atoms with Crippen LogP contribution < -0.4 is 9.47 Å². The van der Waals surface area contributed by atoms with E-state index in [1.54, 1.807) is 0 Å². The molecule has 29 heavy (non-hydrogen) atoms. The van der Waals surface area contributed by atoms with E-state index in [1.165, 1.54) is 0 Å². The van der Waals surface area contributed by atoms with Crippen molar-refractivity contribution in [1.29, 1.82) is 0 Å². The van der Waals surface area contributed by atoms with E-state index in [0.29, 0.717) is 42.1 Å². The third kappa shape index (κ3) is 3.10. The third-order valence-corrected chi connectivity index (χ3v) is 5.65. The smallest absolute Gasteiger partial charge is 0.258 e. The second-order valence-corrected chi connectivity index (χ2v) is 7.67. The molecule has 0 unspecified atom stereocenters. The van der Waals surface area contributed by atoms with Gasteiger partial charge in [-0.15, -0.1) is 0 Å². The van der Waals surface area contributed by atoms with E-state index in [-0.39, 0.29) is 11.9 Å². The highest BCUT2D eigenvalue weighted by Crippen LogP contribution is 2.39. The first-order valence-corrected chi connectivity index (χ1v) is 10.1. The van der Waals surface area contributed by atoms with Crippen molar-refractivity contribution >= 4 is 17.0 Å². The molecule has 0 bridgehead atoms. The van der Waals surface area contributed by atoms with Gasteiger partial charge in [0.15, 0.2) is 11.5 Å². The van der Waals surface area contributed by atoms with Crippen LogP contribution in [0.25, 0.3) is 11.1 Å². The van der Waals surface area contributed by atoms with Gasteiger partial charge in [-0.2, -0.15) is 0 Å². The molecule has 1 fully saturated rings. The topological polar surface area (TPSA) is 77.7 Å². The number of fused-ring (bicyclic) bond motifs is 2. The summed E-state index contributed by atoms with van der Waals surface area (Å²) >= 11 is 0. The molecule has 2 aromatic heterocycles. The summed E-state index contributed by atoms with van der Waals surface area (Å²) in [6.45, 7) is 5.72. The summed E-state index contributed by atoms with van der Waals surface area (Å²) in [5.41, 5.74) is 3.51. The first-order chi connectivity index (χ1) is 14.1. The number of pyridine rings is 1. The van der Waals surface area contributed by atoms with Crippen LogP contribution in [-0.4, -0.2) is 40.7 Å². The molecule has 2 aliphatic rings. The molecule has 150 valence electrons. The van der Waals surface area contributed by atoms with E-state index >= 15 is 0 Å². The van der Waals surface area contributed by atoms with Gasteiger partial charge in [-0.05, 0) is 50.5 Å². The molecule has 7 nitrogen and oxygen atoms in total. The summed E-state index contributed by atoms with van der Waals surface area (Å²) in [5, 5.41) is 4.70. The normalized spacial score (nSPS) is 18.8. The van der Waals surface area contributed by atoms with Gasteiger partial charge in [-0.1, -0.05) is 11.2 Å². The Morgan fingerprint density at radius 2 is 1.93 bits per heavy atom. The molecule has 1 saturated heterocycles. The predicted octanol–water partition coefficient (Wildman–Crippen LogP) is 3.98. The number of carbonyl (C=O) groups is 1. The van der Waals surface area contributed by atoms with Gasteiger partial charge in [0, 0.05) is 18.7 Å². The Labute approximate surface area is 168 Å². The van der Waals surface area contributed by atoms with Gasteiger partial charge in [0.1, 0.15) is 0 Å². The summed E-state index contributed by atoms with van der Waals surface area (Å²) in [6.07, 6.45) is 2.75. The largest absolute Gasteiger partial charge is 0.490 e. The summed E-state index contributed by atoms with van der Waals surface area (Å²) in [6, 6.07) is 7.86. The van der Waals surface area contributed by atoms with Crippen LogP contribution in [-0.2, 0) is 0 Å². The van der Waals surface area contributed by atoms with E-state index in [1.807, 2.05) is 43.0 Å². The Morgan fingerprint density at radius 3 is 2.79 bits per heavy atom. The fourth-order valence-corrected chi connectivity index (χ4v) is 4.28. The fraction of sp³-hybridized carbons (Fsp3) is 0.409. The minimum Gasteiger partial charge on any atom is -0.490 e. The number of benzene rings is 1. The van der Waals surface area contributed by atoms with Gasteiger partial charge < -0.3 is 18.9 Å². The van der Waals surface area contributed by atoms with Gasteiger partial charge in [-0.25, -0.2) is 4.98 Å². The number of nitrogens with zero attached hydrogens (tertiary/aromatic N) is 3. The van der Waals surface area contributed by atoms with E-state index < -0.39 is 0 Å². The molecule has 0 N–H and O–H groups in total. The van der Waals surface area contributed by atoms with Crippen molar-refractivity contribution in [2.75, 3.05) is 19.8 Å². The van der Waals surface area contributed by atoms with Crippen LogP contribution in [0.2, 0.25) is 0 Å². The molecule has 4 heterocycles. The maximum atomic E-state index is 13.6. The molecular formula is C22H23N3O4. The van der Waals surface area contributed by atoms with Crippen LogP contribution in [0.3, 0.4) is 0 Å². The van der Waals surface area contributed by atoms with Gasteiger partial charge in [0.05, 0.1) is 35.9 Å². The van der Waals surface area contributed by atoms with Crippen LogP contribution >= 0.6 is 0 Å². The molecule has 1 aromatic carbocycles. The SMILES string of the molecule is Cc1cc(C(=O)N2CCC[C@H]2c2ccc3c(c2)OCCCO3)c2c(C)noc2n1. The number of hydrogen-bond acceptors (Lipinski definition) is 6. The number of aryl methyl sites for hydroxylation is 2. The lowest BCUT2D eigenvalue weighted by Gasteiger charge is -2.26. The van der Waals surface area contributed by atoms with Crippen molar-refractivity contribution in [3.05, 3.63) is 46.8 Å². The summed E-state index contributed by atoms with van der Waals surface area (Å²) in [7, 11) is 0. The number of aromatic nitrogens is 2. The zero-order valence-electron chi connectivity index (χ0n) is 16.6. The number of likely N-dealkylation sites (tertiary alicyclic amines) is 1. The minimum absolute atomic E-state index is 0.00309. The first kappa shape index (κ1) is 18.0. The van der Waals surface area contributed by atoms with E-state index in [4.69, 9.17) is 14.0 Å². The third-order valence-electron chi connectivity index (χ3n) is 5.65. The Hall–Kier alpha value is -3.09. The van der Waals surface area contributed by atoms with Gasteiger partial charge in [-0.3, -0.25) is 4.79 Å². The number of ether oxygens (including phenoxy) is 2. The Kier molecular flexibility index (Phi) is 4.38. The number of rotatable bonds is 2. The molecule has 7 heteroatoms. The monoisotopic (exact) mass is 393 g/mol. The quantitative estimate of drug-likeness (QED) is 0.655. The summed E-state index contributed by atoms with van der Waals surface area (Å²) < 4.78 is 16.9. The Bertz CT molecular complexity index is 1090. The fourth-order valence-electron chi connectivity index (χ4n) is 4.28. The highest BCUT2D eigenvalue weighted by Gasteiger charge is 2.33. The lowest BCUT2D eigenvalue weighted by molar-refractivity contribution is 0.0737. The lowest BCUT2D eigenvalue weighted by Crippen LogP contribution is -2.31. The van der Waals surface area contributed by atoms with Crippen molar-refractivity contribution in [1.82, 2.24) is 15.0 Å². The number of carbonyl (C=O) groups excluding carboxylic acids is 1. The van der Waals surface area contributed by atoms with Gasteiger partial charge >= 0.3 is 0 Å². The highest BCUT2D eigenvalue weighted by atomic mass is 16.5. The molecule has 0 spiro atoms.